The third-order valence-corrected chi connectivity index (χ3v) is 3.07. The molecule has 7 nitrogen and oxygen atoms in total. The molecular weight excluding hydrogens is 256 g/mol. The molecule has 0 bridgehead atoms. The minimum Gasteiger partial charge on any atom is -0.294 e. The van der Waals surface area contributed by atoms with Gasteiger partial charge in [-0.15, -0.1) is 0 Å². The van der Waals surface area contributed by atoms with E-state index in [9.17, 15) is 4.79 Å². The molecule has 20 heavy (non-hydrogen) atoms. The van der Waals surface area contributed by atoms with Crippen LogP contribution in [0.2, 0.25) is 0 Å². The summed E-state index contributed by atoms with van der Waals surface area (Å²) in [5.41, 5.74) is 1.27. The molecule has 0 aromatic carbocycles. The molecule has 0 aliphatic rings. The second kappa shape index (κ2) is 5.20. The third-order valence-electron chi connectivity index (χ3n) is 3.07. The zero-order valence-corrected chi connectivity index (χ0v) is 11.1. The lowest BCUT2D eigenvalue weighted by atomic mass is 10.1. The van der Waals surface area contributed by atoms with Gasteiger partial charge < -0.3 is 0 Å². The van der Waals surface area contributed by atoms with Crippen LogP contribution in [0.5, 0.6) is 0 Å². The lowest BCUT2D eigenvalue weighted by molar-refractivity contribution is 0.0991. The van der Waals surface area contributed by atoms with Gasteiger partial charge in [0, 0.05) is 18.9 Å². The molecule has 3 aromatic heterocycles. The van der Waals surface area contributed by atoms with Gasteiger partial charge in [-0.05, 0) is 6.42 Å². The van der Waals surface area contributed by atoms with Gasteiger partial charge in [0.2, 0.25) is 0 Å². The highest BCUT2D eigenvalue weighted by molar-refractivity contribution is 6.02. The summed E-state index contributed by atoms with van der Waals surface area (Å²) >= 11 is 0. The van der Waals surface area contributed by atoms with E-state index in [0.29, 0.717) is 16.9 Å². The van der Waals surface area contributed by atoms with E-state index in [2.05, 4.69) is 27.1 Å². The highest BCUT2D eigenvalue weighted by atomic mass is 16.1. The third kappa shape index (κ3) is 2.18. The Morgan fingerprint density at radius 3 is 3.05 bits per heavy atom. The maximum atomic E-state index is 12.4. The molecule has 0 atom stereocenters. The first-order chi connectivity index (χ1) is 9.79. The summed E-state index contributed by atoms with van der Waals surface area (Å²) < 4.78 is 3.40. The Labute approximate surface area is 115 Å². The number of nitrogens with zero attached hydrogens (tertiary/aromatic N) is 6. The Bertz CT molecular complexity index is 744. The van der Waals surface area contributed by atoms with Crippen molar-refractivity contribution in [3.63, 3.8) is 0 Å². The van der Waals surface area contributed by atoms with E-state index in [1.807, 2.05) is 0 Å². The number of hydrogen-bond acceptors (Lipinski definition) is 5. The van der Waals surface area contributed by atoms with Crippen LogP contribution in [-0.2, 0) is 13.0 Å². The molecular formula is C13H14N6O. The number of fused-ring (bicyclic) bond motifs is 1. The molecule has 0 saturated heterocycles. The molecule has 0 fully saturated rings. The Morgan fingerprint density at radius 1 is 1.30 bits per heavy atom. The molecule has 0 radical (unpaired) electrons. The number of carbonyl (C=O) groups is 1. The molecule has 0 aliphatic carbocycles. The first-order valence-electron chi connectivity index (χ1n) is 6.47. The number of hydrogen-bond donors (Lipinski definition) is 0. The second-order valence-corrected chi connectivity index (χ2v) is 4.46. The maximum absolute atomic E-state index is 12.4. The minimum absolute atomic E-state index is 0.0293. The summed E-state index contributed by atoms with van der Waals surface area (Å²) in [6.07, 6.45) is 9.20. The van der Waals surface area contributed by atoms with Gasteiger partial charge in [-0.2, -0.15) is 10.2 Å². The Morgan fingerprint density at radius 2 is 2.20 bits per heavy atom. The van der Waals surface area contributed by atoms with E-state index < -0.39 is 0 Å². The normalized spacial score (nSPS) is 11.1. The predicted molar refractivity (Wildman–Crippen MR) is 71.3 cm³/mol. The largest absolute Gasteiger partial charge is 0.294 e. The summed E-state index contributed by atoms with van der Waals surface area (Å²) in [6.45, 7) is 2.82. The Hall–Kier alpha value is -2.57. The van der Waals surface area contributed by atoms with Crippen molar-refractivity contribution < 1.29 is 4.79 Å². The lowest BCUT2D eigenvalue weighted by Gasteiger charge is -2.03. The van der Waals surface area contributed by atoms with Crippen LogP contribution >= 0.6 is 0 Å². The molecule has 7 heteroatoms. The molecule has 0 aliphatic heterocycles. The van der Waals surface area contributed by atoms with E-state index in [0.717, 1.165) is 13.0 Å². The summed E-state index contributed by atoms with van der Waals surface area (Å²) in [5.74, 6) is 0.651. The summed E-state index contributed by atoms with van der Waals surface area (Å²) in [7, 11) is 0. The van der Waals surface area contributed by atoms with Crippen LogP contribution < -0.4 is 0 Å². The average molecular weight is 270 g/mol. The van der Waals surface area contributed by atoms with Crippen LogP contribution in [0, 0.1) is 0 Å². The minimum atomic E-state index is -0.0293. The highest BCUT2D eigenvalue weighted by Crippen LogP contribution is 2.12. The van der Waals surface area contributed by atoms with Crippen LogP contribution in [0.15, 0.2) is 31.1 Å². The molecule has 0 spiro atoms. The van der Waals surface area contributed by atoms with Crippen LogP contribution in [0.3, 0.4) is 0 Å². The molecule has 0 N–H and O–H groups in total. The summed E-state index contributed by atoms with van der Waals surface area (Å²) in [5, 5.41) is 8.26. The summed E-state index contributed by atoms with van der Waals surface area (Å²) in [4.78, 5) is 20.6. The summed E-state index contributed by atoms with van der Waals surface area (Å²) in [6, 6.07) is 0. The van der Waals surface area contributed by atoms with E-state index in [-0.39, 0.29) is 12.2 Å². The Balaban J connectivity index is 1.87. The van der Waals surface area contributed by atoms with Crippen molar-refractivity contribution in [1.29, 1.82) is 0 Å². The molecule has 3 aromatic rings. The average Bonchev–Trinajstić information content (AvgIpc) is 3.06. The van der Waals surface area contributed by atoms with Crippen molar-refractivity contribution in [1.82, 2.24) is 29.4 Å². The maximum Gasteiger partial charge on any atom is 0.174 e. The number of ketones is 1. The number of aromatic nitrogens is 6. The molecule has 3 heterocycles. The smallest absolute Gasteiger partial charge is 0.174 e. The molecule has 102 valence electrons. The van der Waals surface area contributed by atoms with E-state index >= 15 is 0 Å². The van der Waals surface area contributed by atoms with E-state index in [1.165, 1.54) is 6.33 Å². The standard InChI is InChI=1S/C13H14N6O/c1-2-4-19-13(15-9-17-19)6-12(20)10-7-16-18-5-3-14-8-11(10)18/h3,5,7-9H,2,4,6H2,1H3. The quantitative estimate of drug-likeness (QED) is 0.650. The zero-order valence-electron chi connectivity index (χ0n) is 11.1. The SMILES string of the molecule is CCCn1ncnc1CC(=O)c1cnn2ccncc12. The first-order valence-corrected chi connectivity index (χ1v) is 6.47. The fraction of sp³-hybridized carbons (Fsp3) is 0.308. The van der Waals surface area contributed by atoms with Gasteiger partial charge in [0.05, 0.1) is 29.9 Å². The lowest BCUT2D eigenvalue weighted by Crippen LogP contribution is -2.11. The van der Waals surface area contributed by atoms with Crippen molar-refractivity contribution in [2.45, 2.75) is 26.3 Å². The Kier molecular flexibility index (Phi) is 3.24. The fourth-order valence-electron chi connectivity index (χ4n) is 2.11. The fourth-order valence-corrected chi connectivity index (χ4v) is 2.11. The van der Waals surface area contributed by atoms with Crippen LogP contribution in [0.25, 0.3) is 5.52 Å². The molecule has 3 rings (SSSR count). The van der Waals surface area contributed by atoms with Crippen LogP contribution in [0.4, 0.5) is 0 Å². The number of carbonyl (C=O) groups excluding carboxylic acids is 1. The van der Waals surface area contributed by atoms with Crippen molar-refractivity contribution >= 4 is 11.3 Å². The van der Waals surface area contributed by atoms with Gasteiger partial charge in [-0.3, -0.25) is 9.78 Å². The monoisotopic (exact) mass is 270 g/mol. The van der Waals surface area contributed by atoms with Crippen LogP contribution in [-0.4, -0.2) is 35.1 Å². The van der Waals surface area contributed by atoms with Crippen molar-refractivity contribution in [3.8, 4) is 0 Å². The topological polar surface area (TPSA) is 78.0 Å². The molecule has 0 saturated carbocycles. The van der Waals surface area contributed by atoms with E-state index in [4.69, 9.17) is 0 Å². The van der Waals surface area contributed by atoms with Crippen molar-refractivity contribution in [2.24, 2.45) is 0 Å². The molecule has 0 unspecified atom stereocenters. The number of aryl methyl sites for hydroxylation is 1. The van der Waals surface area contributed by atoms with Gasteiger partial charge in [-0.25, -0.2) is 14.2 Å². The zero-order chi connectivity index (χ0) is 13.9. The highest BCUT2D eigenvalue weighted by Gasteiger charge is 2.16. The van der Waals surface area contributed by atoms with Crippen molar-refractivity contribution in [3.05, 3.63) is 42.5 Å². The predicted octanol–water partition coefficient (Wildman–Crippen LogP) is 1.16. The van der Waals surface area contributed by atoms with Gasteiger partial charge in [-0.1, -0.05) is 6.92 Å². The van der Waals surface area contributed by atoms with Gasteiger partial charge >= 0.3 is 0 Å². The second-order valence-electron chi connectivity index (χ2n) is 4.46. The van der Waals surface area contributed by atoms with Gasteiger partial charge in [0.25, 0.3) is 0 Å². The number of Topliss-reactive ketones (excluding diaryl/α,β-unsaturated/α-hetero) is 1. The van der Waals surface area contributed by atoms with Crippen LogP contribution in [0.1, 0.15) is 29.5 Å². The molecule has 0 amide bonds. The van der Waals surface area contributed by atoms with Gasteiger partial charge in [0.1, 0.15) is 12.2 Å². The van der Waals surface area contributed by atoms with Gasteiger partial charge in [0.15, 0.2) is 5.78 Å². The first kappa shape index (κ1) is 12.5. The van der Waals surface area contributed by atoms with Crippen molar-refractivity contribution in [2.75, 3.05) is 0 Å². The number of rotatable bonds is 5. The van der Waals surface area contributed by atoms with E-state index in [1.54, 1.807) is 34.0 Å².